The molecule has 0 saturated heterocycles. The quantitative estimate of drug-likeness (QED) is 0.157. The number of aryl methyl sites for hydroxylation is 1. The maximum Gasteiger partial charge on any atom is 0.694 e. The van der Waals surface area contributed by atoms with E-state index < -0.39 is 8.25 Å². The molecule has 0 radical (unpaired) electrons. The third kappa shape index (κ3) is 9.64. The SMILES string of the molecule is CC(C)Cc1ccc(CCCOc2ccc(CNCCCO[P+](=O)O)cc2-c2cccs2)cc1Cl. The zero-order chi connectivity index (χ0) is 25.0. The topological polar surface area (TPSA) is 67.8 Å². The zero-order valence-corrected chi connectivity index (χ0v) is 22.8. The molecular formula is C27H34ClNO4PS+. The van der Waals surface area contributed by atoms with Crippen LogP contribution in [-0.2, 0) is 28.5 Å². The van der Waals surface area contributed by atoms with E-state index in [1.807, 2.05) is 12.1 Å². The van der Waals surface area contributed by atoms with Gasteiger partial charge < -0.3 is 10.1 Å². The molecule has 5 nitrogen and oxygen atoms in total. The fourth-order valence-electron chi connectivity index (χ4n) is 3.82. The van der Waals surface area contributed by atoms with Crippen LogP contribution >= 0.6 is 31.2 Å². The van der Waals surface area contributed by atoms with E-state index >= 15 is 0 Å². The fourth-order valence-corrected chi connectivity index (χ4v) is 5.13. The van der Waals surface area contributed by atoms with Gasteiger partial charge in [0.25, 0.3) is 0 Å². The minimum absolute atomic E-state index is 0.264. The molecule has 8 heteroatoms. The summed E-state index contributed by atoms with van der Waals surface area (Å²) < 4.78 is 21.4. The van der Waals surface area contributed by atoms with Crippen LogP contribution in [0.25, 0.3) is 10.4 Å². The van der Waals surface area contributed by atoms with Gasteiger partial charge in [-0.05, 0) is 84.5 Å². The minimum atomic E-state index is -2.52. The second-order valence-electron chi connectivity index (χ2n) is 8.88. The van der Waals surface area contributed by atoms with Gasteiger partial charge in [-0.3, -0.25) is 0 Å². The van der Waals surface area contributed by atoms with Crippen molar-refractivity contribution in [3.05, 3.63) is 75.6 Å². The van der Waals surface area contributed by atoms with Crippen LogP contribution < -0.4 is 10.1 Å². The number of hydrogen-bond acceptors (Lipinski definition) is 5. The van der Waals surface area contributed by atoms with Gasteiger partial charge in [0.05, 0.1) is 6.61 Å². The largest absolute Gasteiger partial charge is 0.694 e. The number of nitrogens with one attached hydrogen (secondary N) is 1. The average molecular weight is 535 g/mol. The van der Waals surface area contributed by atoms with E-state index in [0.29, 0.717) is 32.0 Å². The zero-order valence-electron chi connectivity index (χ0n) is 20.3. The normalized spacial score (nSPS) is 11.7. The van der Waals surface area contributed by atoms with Crippen LogP contribution in [0, 0.1) is 5.92 Å². The number of halogens is 1. The smallest absolute Gasteiger partial charge is 0.493 e. The molecule has 0 spiro atoms. The van der Waals surface area contributed by atoms with Crippen molar-refractivity contribution in [2.45, 2.75) is 46.1 Å². The lowest BCUT2D eigenvalue weighted by Gasteiger charge is -2.13. The molecule has 2 aromatic carbocycles. The molecule has 2 N–H and O–H groups in total. The van der Waals surface area contributed by atoms with E-state index in [1.165, 1.54) is 16.0 Å². The van der Waals surface area contributed by atoms with Gasteiger partial charge in [0.15, 0.2) is 0 Å². The molecule has 1 atom stereocenters. The van der Waals surface area contributed by atoms with Crippen molar-refractivity contribution in [1.29, 1.82) is 0 Å². The molecule has 3 aromatic rings. The fraction of sp³-hybridized carbons (Fsp3) is 0.407. The summed E-state index contributed by atoms with van der Waals surface area (Å²) in [6.45, 7) is 6.72. The molecule has 0 aliphatic carbocycles. The summed E-state index contributed by atoms with van der Waals surface area (Å²) in [7, 11) is -2.52. The monoisotopic (exact) mass is 534 g/mol. The Labute approximate surface area is 218 Å². The molecule has 0 fully saturated rings. The highest BCUT2D eigenvalue weighted by molar-refractivity contribution is 7.32. The van der Waals surface area contributed by atoms with E-state index in [9.17, 15) is 4.57 Å². The van der Waals surface area contributed by atoms with E-state index in [1.54, 1.807) is 11.3 Å². The molecule has 0 aliphatic rings. The van der Waals surface area contributed by atoms with Gasteiger partial charge in [0, 0.05) is 26.6 Å². The van der Waals surface area contributed by atoms with Crippen LogP contribution in [0.5, 0.6) is 5.75 Å². The molecule has 0 aliphatic heterocycles. The average Bonchev–Trinajstić information content (AvgIpc) is 3.35. The highest BCUT2D eigenvalue weighted by Crippen LogP contribution is 2.34. The van der Waals surface area contributed by atoms with Crippen molar-refractivity contribution < 1.29 is 18.7 Å². The second-order valence-corrected chi connectivity index (χ2v) is 11.0. The number of hydrogen-bond donors (Lipinski definition) is 2. The van der Waals surface area contributed by atoms with Crippen molar-refractivity contribution in [1.82, 2.24) is 5.32 Å². The lowest BCUT2D eigenvalue weighted by Crippen LogP contribution is -2.16. The maximum absolute atomic E-state index is 10.5. The summed E-state index contributed by atoms with van der Waals surface area (Å²) in [6.07, 6.45) is 3.51. The van der Waals surface area contributed by atoms with Crippen LogP contribution in [0.2, 0.25) is 5.02 Å². The van der Waals surface area contributed by atoms with Gasteiger partial charge in [0.2, 0.25) is 0 Å². The van der Waals surface area contributed by atoms with Gasteiger partial charge in [-0.1, -0.05) is 49.7 Å². The number of ether oxygens (including phenoxy) is 1. The molecule has 0 amide bonds. The summed E-state index contributed by atoms with van der Waals surface area (Å²) in [5.41, 5.74) is 4.71. The lowest BCUT2D eigenvalue weighted by molar-refractivity contribution is 0.276. The molecule has 1 heterocycles. The first-order chi connectivity index (χ1) is 16.9. The predicted molar refractivity (Wildman–Crippen MR) is 146 cm³/mol. The first kappa shape index (κ1) is 27.8. The Balaban J connectivity index is 1.53. The van der Waals surface area contributed by atoms with Gasteiger partial charge in [-0.15, -0.1) is 20.8 Å². The maximum atomic E-state index is 10.5. The van der Waals surface area contributed by atoms with E-state index in [2.05, 4.69) is 65.5 Å². The summed E-state index contributed by atoms with van der Waals surface area (Å²) in [5, 5.41) is 6.28. The lowest BCUT2D eigenvalue weighted by atomic mass is 10.0. The van der Waals surface area contributed by atoms with Gasteiger partial charge in [0.1, 0.15) is 12.4 Å². The number of thiophene rings is 1. The van der Waals surface area contributed by atoms with Crippen molar-refractivity contribution in [3.63, 3.8) is 0 Å². The molecule has 35 heavy (non-hydrogen) atoms. The van der Waals surface area contributed by atoms with Crippen LogP contribution in [0.1, 0.15) is 43.4 Å². The number of rotatable bonds is 15. The molecular weight excluding hydrogens is 501 g/mol. The van der Waals surface area contributed by atoms with E-state index in [0.717, 1.165) is 41.2 Å². The van der Waals surface area contributed by atoms with Gasteiger partial charge in [-0.25, -0.2) is 0 Å². The Morgan fingerprint density at radius 2 is 1.91 bits per heavy atom. The molecule has 3 rings (SSSR count). The van der Waals surface area contributed by atoms with Crippen molar-refractivity contribution in [2.24, 2.45) is 5.92 Å². The van der Waals surface area contributed by atoms with Crippen LogP contribution in [0.4, 0.5) is 0 Å². The Bertz CT molecular complexity index is 1080. The van der Waals surface area contributed by atoms with E-state index in [-0.39, 0.29) is 6.61 Å². The predicted octanol–water partition coefficient (Wildman–Crippen LogP) is 7.42. The molecule has 1 unspecified atom stereocenters. The Hall–Kier alpha value is -1.79. The minimum Gasteiger partial charge on any atom is -0.493 e. The van der Waals surface area contributed by atoms with Crippen LogP contribution in [0.15, 0.2) is 53.9 Å². The number of benzene rings is 2. The first-order valence-electron chi connectivity index (χ1n) is 12.0. The Morgan fingerprint density at radius 1 is 1.09 bits per heavy atom. The molecule has 188 valence electrons. The van der Waals surface area contributed by atoms with Crippen molar-refractivity contribution in [3.8, 4) is 16.2 Å². The molecule has 1 aromatic heterocycles. The first-order valence-corrected chi connectivity index (χ1v) is 14.4. The molecule has 0 bridgehead atoms. The van der Waals surface area contributed by atoms with E-state index in [4.69, 9.17) is 21.2 Å². The highest BCUT2D eigenvalue weighted by Gasteiger charge is 2.11. The summed E-state index contributed by atoms with van der Waals surface area (Å²) in [6, 6.07) is 16.9. The highest BCUT2D eigenvalue weighted by atomic mass is 35.5. The second kappa shape index (κ2) is 14.7. The van der Waals surface area contributed by atoms with Gasteiger partial charge in [-0.2, -0.15) is 0 Å². The van der Waals surface area contributed by atoms with Gasteiger partial charge >= 0.3 is 8.25 Å². The van der Waals surface area contributed by atoms with Crippen LogP contribution in [-0.4, -0.2) is 24.7 Å². The Kier molecular flexibility index (Phi) is 11.7. The third-order valence-corrected chi connectivity index (χ3v) is 7.13. The Morgan fingerprint density at radius 3 is 2.63 bits per heavy atom. The summed E-state index contributed by atoms with van der Waals surface area (Å²) in [5.74, 6) is 1.48. The van der Waals surface area contributed by atoms with Crippen molar-refractivity contribution in [2.75, 3.05) is 19.8 Å². The summed E-state index contributed by atoms with van der Waals surface area (Å²) in [4.78, 5) is 9.84. The summed E-state index contributed by atoms with van der Waals surface area (Å²) >= 11 is 8.18. The van der Waals surface area contributed by atoms with Crippen molar-refractivity contribution >= 4 is 31.2 Å². The van der Waals surface area contributed by atoms with Crippen LogP contribution in [0.3, 0.4) is 0 Å². The molecule has 0 saturated carbocycles. The standard InChI is InChI=1S/C27H33ClNO4PS/c1-20(2)16-23-10-8-21(18-25(23)28)6-3-13-32-26-11-9-22(17-24(26)27-7-4-15-35-27)19-29-12-5-14-33-34(30)31/h4,7-11,15,17-18,20,29H,3,5-6,12-14,16,19H2,1-2H3/p+1. The third-order valence-electron chi connectivity index (χ3n) is 5.47.